The van der Waals surface area contributed by atoms with Crippen LogP contribution in [0.2, 0.25) is 0 Å². The molecular weight excluding hydrogens is 220 g/mol. The number of rotatable bonds is 2. The average Bonchev–Trinajstić information content (AvgIpc) is 2.27. The second-order valence-electron chi connectivity index (χ2n) is 4.80. The first-order valence-electron chi connectivity index (χ1n) is 5.80. The molecule has 17 heavy (non-hydrogen) atoms. The zero-order valence-corrected chi connectivity index (χ0v) is 11.4. The van der Waals surface area contributed by atoms with E-state index < -0.39 is 11.6 Å². The highest BCUT2D eigenvalue weighted by atomic mass is 16.5. The van der Waals surface area contributed by atoms with E-state index in [1.807, 2.05) is 13.8 Å². The van der Waals surface area contributed by atoms with Crippen LogP contribution >= 0.6 is 0 Å². The van der Waals surface area contributed by atoms with Gasteiger partial charge in [0.15, 0.2) is 5.54 Å². The summed E-state index contributed by atoms with van der Waals surface area (Å²) in [5.41, 5.74) is -0.870. The molecule has 0 aromatic heterocycles. The molecule has 0 aromatic carbocycles. The Balaban J connectivity index is 3.20. The maximum absolute atomic E-state index is 9.85. The number of aliphatic imine (C=N–C) groups is 2. The van der Waals surface area contributed by atoms with E-state index in [1.54, 1.807) is 28.1 Å². The predicted octanol–water partition coefficient (Wildman–Crippen LogP) is 1.25. The smallest absolute Gasteiger partial charge is 0.215 e. The summed E-state index contributed by atoms with van der Waals surface area (Å²) in [6, 6.07) is -0.151. The maximum atomic E-state index is 9.85. The summed E-state index contributed by atoms with van der Waals surface area (Å²) in [7, 11) is 3.12. The first kappa shape index (κ1) is 14.0. The number of aliphatic hydroxyl groups is 1. The van der Waals surface area contributed by atoms with Crippen molar-refractivity contribution in [3.63, 3.8) is 0 Å². The summed E-state index contributed by atoms with van der Waals surface area (Å²) in [4.78, 5) is 8.98. The summed E-state index contributed by atoms with van der Waals surface area (Å²) < 4.78 is 10.5. The van der Waals surface area contributed by atoms with Gasteiger partial charge in [-0.1, -0.05) is 13.8 Å². The van der Waals surface area contributed by atoms with E-state index in [4.69, 9.17) is 9.47 Å². The fraction of sp³-hybridized carbons (Fsp3) is 0.833. The molecular formula is C12H22N2O3. The molecule has 0 radical (unpaired) electrons. The molecule has 1 N–H and O–H groups in total. The fourth-order valence-electron chi connectivity index (χ4n) is 1.79. The first-order chi connectivity index (χ1) is 7.86. The van der Waals surface area contributed by atoms with E-state index >= 15 is 0 Å². The number of hydrogen-bond acceptors (Lipinski definition) is 5. The standard InChI is InChI=1S/C12H22N2O3/c1-7(2)9-10(16-5)14-12(4,8(3)15)11(13-9)17-6/h7-9,15H,1-6H3/t8?,9-,12+/m1/s1. The lowest BCUT2D eigenvalue weighted by Crippen LogP contribution is -2.50. The molecule has 3 atom stereocenters. The van der Waals surface area contributed by atoms with E-state index in [9.17, 15) is 5.11 Å². The van der Waals surface area contributed by atoms with Crippen molar-refractivity contribution < 1.29 is 14.6 Å². The summed E-state index contributed by atoms with van der Waals surface area (Å²) in [5.74, 6) is 1.26. The van der Waals surface area contributed by atoms with Crippen molar-refractivity contribution in [3.05, 3.63) is 0 Å². The van der Waals surface area contributed by atoms with Crippen LogP contribution in [0.25, 0.3) is 0 Å². The number of ether oxygens (including phenoxy) is 2. The molecule has 0 aromatic rings. The Bertz CT molecular complexity index is 337. The van der Waals surface area contributed by atoms with Crippen LogP contribution in [0.4, 0.5) is 0 Å². The molecule has 5 heteroatoms. The second kappa shape index (κ2) is 5.04. The van der Waals surface area contributed by atoms with Gasteiger partial charge in [0, 0.05) is 0 Å². The Labute approximate surface area is 103 Å². The summed E-state index contributed by atoms with van der Waals surface area (Å²) in [6.45, 7) is 7.54. The van der Waals surface area contributed by atoms with Crippen molar-refractivity contribution in [2.24, 2.45) is 15.9 Å². The highest BCUT2D eigenvalue weighted by molar-refractivity contribution is 5.97. The zero-order valence-electron chi connectivity index (χ0n) is 11.4. The Hall–Kier alpha value is -1.10. The van der Waals surface area contributed by atoms with Crippen LogP contribution in [0.5, 0.6) is 0 Å². The molecule has 1 aliphatic rings. The number of nitrogens with zero attached hydrogens (tertiary/aromatic N) is 2. The van der Waals surface area contributed by atoms with Gasteiger partial charge in [-0.05, 0) is 19.8 Å². The van der Waals surface area contributed by atoms with Gasteiger partial charge in [0.25, 0.3) is 0 Å². The monoisotopic (exact) mass is 242 g/mol. The van der Waals surface area contributed by atoms with Crippen molar-refractivity contribution in [2.75, 3.05) is 14.2 Å². The van der Waals surface area contributed by atoms with Crippen molar-refractivity contribution in [1.82, 2.24) is 0 Å². The lowest BCUT2D eigenvalue weighted by atomic mass is 9.92. The highest BCUT2D eigenvalue weighted by Gasteiger charge is 2.43. The molecule has 0 fully saturated rings. The van der Waals surface area contributed by atoms with Gasteiger partial charge >= 0.3 is 0 Å². The van der Waals surface area contributed by atoms with Crippen LogP contribution in [0.1, 0.15) is 27.7 Å². The molecule has 98 valence electrons. The Morgan fingerprint density at radius 1 is 1.24 bits per heavy atom. The van der Waals surface area contributed by atoms with Gasteiger partial charge < -0.3 is 14.6 Å². The predicted molar refractivity (Wildman–Crippen MR) is 67.6 cm³/mol. The quantitative estimate of drug-likeness (QED) is 0.792. The normalized spacial score (nSPS) is 30.7. The van der Waals surface area contributed by atoms with Gasteiger partial charge in [-0.25, -0.2) is 9.98 Å². The van der Waals surface area contributed by atoms with Crippen LogP contribution in [-0.2, 0) is 9.47 Å². The third-order valence-electron chi connectivity index (χ3n) is 3.13. The van der Waals surface area contributed by atoms with Crippen LogP contribution in [0, 0.1) is 5.92 Å². The summed E-state index contributed by atoms with van der Waals surface area (Å²) in [6.07, 6.45) is -0.695. The molecule has 0 spiro atoms. The average molecular weight is 242 g/mol. The van der Waals surface area contributed by atoms with Crippen LogP contribution in [-0.4, -0.2) is 48.8 Å². The number of methoxy groups -OCH3 is 2. The van der Waals surface area contributed by atoms with Gasteiger partial charge in [-0.3, -0.25) is 0 Å². The molecule has 0 saturated heterocycles. The molecule has 5 nitrogen and oxygen atoms in total. The van der Waals surface area contributed by atoms with Crippen molar-refractivity contribution in [2.45, 2.75) is 45.4 Å². The van der Waals surface area contributed by atoms with Crippen LogP contribution < -0.4 is 0 Å². The van der Waals surface area contributed by atoms with Crippen LogP contribution in [0.3, 0.4) is 0 Å². The Morgan fingerprint density at radius 2 is 1.82 bits per heavy atom. The lowest BCUT2D eigenvalue weighted by molar-refractivity contribution is 0.128. The van der Waals surface area contributed by atoms with Gasteiger partial charge in [0.1, 0.15) is 6.04 Å². The minimum absolute atomic E-state index is 0.151. The van der Waals surface area contributed by atoms with Crippen LogP contribution in [0.15, 0.2) is 9.98 Å². The first-order valence-corrected chi connectivity index (χ1v) is 5.80. The van der Waals surface area contributed by atoms with E-state index in [0.717, 1.165) is 0 Å². The summed E-state index contributed by atoms with van der Waals surface area (Å²) in [5, 5.41) is 9.85. The van der Waals surface area contributed by atoms with E-state index in [0.29, 0.717) is 11.8 Å². The molecule has 1 unspecified atom stereocenters. The molecule has 1 rings (SSSR count). The van der Waals surface area contributed by atoms with Crippen molar-refractivity contribution >= 4 is 11.8 Å². The van der Waals surface area contributed by atoms with Gasteiger partial charge in [-0.15, -0.1) is 0 Å². The topological polar surface area (TPSA) is 63.4 Å². The van der Waals surface area contributed by atoms with Gasteiger partial charge in [0.05, 0.1) is 20.3 Å². The van der Waals surface area contributed by atoms with Gasteiger partial charge in [0.2, 0.25) is 11.8 Å². The lowest BCUT2D eigenvalue weighted by Gasteiger charge is -2.35. The van der Waals surface area contributed by atoms with E-state index in [2.05, 4.69) is 9.98 Å². The zero-order chi connectivity index (χ0) is 13.2. The Morgan fingerprint density at radius 3 is 2.18 bits per heavy atom. The minimum Gasteiger partial charge on any atom is -0.483 e. The van der Waals surface area contributed by atoms with Crippen molar-refractivity contribution in [1.29, 1.82) is 0 Å². The molecule has 1 aliphatic heterocycles. The second-order valence-corrected chi connectivity index (χ2v) is 4.80. The molecule has 0 bridgehead atoms. The number of aliphatic hydroxyl groups excluding tert-OH is 1. The van der Waals surface area contributed by atoms with Gasteiger partial charge in [-0.2, -0.15) is 0 Å². The largest absolute Gasteiger partial charge is 0.483 e. The van der Waals surface area contributed by atoms with Crippen molar-refractivity contribution in [3.8, 4) is 0 Å². The summed E-state index contributed by atoms with van der Waals surface area (Å²) >= 11 is 0. The minimum atomic E-state index is -0.870. The van der Waals surface area contributed by atoms with E-state index in [-0.39, 0.29) is 12.0 Å². The third-order valence-corrected chi connectivity index (χ3v) is 3.13. The molecule has 0 saturated carbocycles. The maximum Gasteiger partial charge on any atom is 0.215 e. The van der Waals surface area contributed by atoms with E-state index in [1.165, 1.54) is 0 Å². The molecule has 1 heterocycles. The highest BCUT2D eigenvalue weighted by Crippen LogP contribution is 2.27. The molecule has 0 aliphatic carbocycles. The molecule has 0 amide bonds. The number of hydrogen-bond donors (Lipinski definition) is 1. The third kappa shape index (κ3) is 2.44. The SMILES string of the molecule is COC1=N[C@@](C)(C(C)O)C(OC)=N[C@@H]1C(C)C. The Kier molecular flexibility index (Phi) is 4.14. The fourth-order valence-corrected chi connectivity index (χ4v) is 1.79.